The van der Waals surface area contributed by atoms with E-state index in [-0.39, 0.29) is 23.7 Å². The van der Waals surface area contributed by atoms with Crippen LogP contribution in [0.1, 0.15) is 114 Å². The molecule has 7 fully saturated rings. The quantitative estimate of drug-likeness (QED) is 0.0904. The van der Waals surface area contributed by atoms with E-state index in [0.717, 1.165) is 5.57 Å². The van der Waals surface area contributed by atoms with Gasteiger partial charge in [0.15, 0.2) is 18.9 Å². The van der Waals surface area contributed by atoms with Crippen LogP contribution in [-0.2, 0) is 28.4 Å². The highest BCUT2D eigenvalue weighted by Crippen LogP contribution is 2.76. The van der Waals surface area contributed by atoms with E-state index < -0.39 is 151 Å². The van der Waals surface area contributed by atoms with Crippen molar-refractivity contribution in [2.45, 2.75) is 230 Å². The number of hydrogen-bond donors (Lipinski definition) is 12. The minimum absolute atomic E-state index is 0.0861. The van der Waals surface area contributed by atoms with Gasteiger partial charge in [-0.2, -0.15) is 0 Å². The number of fused-ring (bicyclic) bond motifs is 5. The lowest BCUT2D eigenvalue weighted by molar-refractivity contribution is -0.382. The molecule has 7 rings (SSSR count). The highest BCUT2D eigenvalue weighted by molar-refractivity contribution is 5.22. The molecule has 3 heterocycles. The first-order chi connectivity index (χ1) is 30.7. The lowest BCUT2D eigenvalue weighted by Gasteiger charge is -2.72. The maximum atomic E-state index is 12.7. The van der Waals surface area contributed by atoms with Crippen molar-refractivity contribution in [2.24, 2.45) is 45.3 Å². The second-order valence-electron chi connectivity index (χ2n) is 23.0. The molecule has 7 aliphatic rings. The Labute approximate surface area is 388 Å². The molecule has 0 unspecified atom stereocenters. The molecule has 0 amide bonds. The average molecular weight is 947 g/mol. The standard InChI is InChI=1S/C48H82O18/c1-21(2)11-10-14-48(9,66-42-38(60)35(57)32(54)26(19-49)63-42)23-12-16-46(7)30(23)24(51)17-28-45(6)15-13-29(52)44(4,5)40(45)25(18-47(28,46)8)62-43-39(36(58)33(55)27(20-50)64-43)65-41-37(59)34(56)31(53)22(3)61-41/h11,22-43,49-60H,10,12-20H2,1-9H3/t22-,23-,24-,25-,26+,27+,28+,29+,30-,31-,32+,33+,34+,35-,36-,37+,38+,39+,40+,41-,42-,43+,45-,46+,47+,48-/m0/s1. The van der Waals surface area contributed by atoms with Crippen molar-refractivity contribution in [3.8, 4) is 0 Å². The Bertz CT molecular complexity index is 1700. The smallest absolute Gasteiger partial charge is 0.187 e. The van der Waals surface area contributed by atoms with E-state index in [0.29, 0.717) is 51.4 Å². The van der Waals surface area contributed by atoms with Crippen LogP contribution < -0.4 is 0 Å². The van der Waals surface area contributed by atoms with Crippen molar-refractivity contribution in [3.05, 3.63) is 11.6 Å². The second-order valence-corrected chi connectivity index (χ2v) is 23.0. The fourth-order valence-corrected chi connectivity index (χ4v) is 14.9. The maximum absolute atomic E-state index is 12.7. The lowest BCUT2D eigenvalue weighted by atomic mass is 9.34. The lowest BCUT2D eigenvalue weighted by Crippen LogP contribution is -2.71. The second kappa shape index (κ2) is 19.2. The van der Waals surface area contributed by atoms with Crippen molar-refractivity contribution in [1.29, 1.82) is 0 Å². The van der Waals surface area contributed by atoms with Gasteiger partial charge in [-0.25, -0.2) is 0 Å². The Hall–Kier alpha value is -0.980. The molecule has 3 aliphatic heterocycles. The van der Waals surface area contributed by atoms with Crippen LogP contribution in [-0.4, -0.2) is 191 Å². The van der Waals surface area contributed by atoms with Gasteiger partial charge in [-0.05, 0) is 124 Å². The molecule has 0 aromatic rings. The number of rotatable bonds is 12. The molecule has 0 bridgehead atoms. The van der Waals surface area contributed by atoms with E-state index in [9.17, 15) is 61.3 Å². The first-order valence-electron chi connectivity index (χ1n) is 24.3. The molecular formula is C48H82O18. The van der Waals surface area contributed by atoms with Crippen LogP contribution in [0.25, 0.3) is 0 Å². The summed E-state index contributed by atoms with van der Waals surface area (Å²) in [5.74, 6) is -1.12. The minimum atomic E-state index is -1.75. The molecule has 4 aliphatic carbocycles. The number of hydrogen-bond acceptors (Lipinski definition) is 18. The Morgan fingerprint density at radius 3 is 1.89 bits per heavy atom. The Morgan fingerprint density at radius 2 is 1.27 bits per heavy atom. The maximum Gasteiger partial charge on any atom is 0.187 e. The topological polar surface area (TPSA) is 298 Å². The van der Waals surface area contributed by atoms with E-state index >= 15 is 0 Å². The third-order valence-electron chi connectivity index (χ3n) is 18.7. The number of aliphatic hydroxyl groups excluding tert-OH is 12. The molecule has 12 N–H and O–H groups in total. The van der Waals surface area contributed by atoms with Gasteiger partial charge in [0.2, 0.25) is 0 Å². The molecule has 18 heteroatoms. The number of allylic oxidation sites excluding steroid dienone is 2. The summed E-state index contributed by atoms with van der Waals surface area (Å²) in [6, 6.07) is 0. The number of ether oxygens (including phenoxy) is 6. The highest BCUT2D eigenvalue weighted by Gasteiger charge is 2.74. The van der Waals surface area contributed by atoms with Gasteiger partial charge in [-0.15, -0.1) is 0 Å². The van der Waals surface area contributed by atoms with Gasteiger partial charge < -0.3 is 89.7 Å². The monoisotopic (exact) mass is 947 g/mol. The predicted molar refractivity (Wildman–Crippen MR) is 234 cm³/mol. The van der Waals surface area contributed by atoms with Crippen molar-refractivity contribution >= 4 is 0 Å². The van der Waals surface area contributed by atoms with Gasteiger partial charge in [0.05, 0.1) is 43.2 Å². The van der Waals surface area contributed by atoms with Crippen molar-refractivity contribution < 1.29 is 89.7 Å². The van der Waals surface area contributed by atoms with Gasteiger partial charge in [-0.3, -0.25) is 0 Å². The van der Waals surface area contributed by atoms with Crippen molar-refractivity contribution in [1.82, 2.24) is 0 Å². The molecule has 4 saturated carbocycles. The zero-order chi connectivity index (χ0) is 48.8. The molecule has 0 radical (unpaired) electrons. The summed E-state index contributed by atoms with van der Waals surface area (Å²) in [7, 11) is 0. The van der Waals surface area contributed by atoms with Gasteiger partial charge in [0, 0.05) is 0 Å². The van der Waals surface area contributed by atoms with Crippen molar-refractivity contribution in [3.63, 3.8) is 0 Å². The van der Waals surface area contributed by atoms with E-state index in [1.165, 1.54) is 6.92 Å². The zero-order valence-electron chi connectivity index (χ0n) is 40.2. The van der Waals surface area contributed by atoms with E-state index in [4.69, 9.17) is 28.4 Å². The third kappa shape index (κ3) is 8.69. The van der Waals surface area contributed by atoms with Crippen LogP contribution in [0.2, 0.25) is 0 Å². The van der Waals surface area contributed by atoms with Crippen LogP contribution >= 0.6 is 0 Å². The summed E-state index contributed by atoms with van der Waals surface area (Å²) < 4.78 is 38.1. The summed E-state index contributed by atoms with van der Waals surface area (Å²) in [6.07, 6.45) is -18.3. The SMILES string of the molecule is CC(C)=CCC[C@](C)(O[C@@H]1O[C@H](CO)[C@@H](O)[C@H](O)[C@H]1O)[C@H]1CC[C@]2(C)[C@@H]1[C@@H](O)C[C@@H]1[C@]3(C)CC[C@@H](O)C(C)(C)[C@H]3[C@@H](O[C@@H]3O[C@H](CO)[C@@H](O)[C@H](O)[C@H]3O[C@@H]3O[C@@H](C)[C@H](O)[C@@H](O)[C@H]3O)C[C@]12C. The van der Waals surface area contributed by atoms with Crippen LogP contribution in [0.5, 0.6) is 0 Å². The first-order valence-corrected chi connectivity index (χ1v) is 24.3. The zero-order valence-corrected chi connectivity index (χ0v) is 40.2. The largest absolute Gasteiger partial charge is 0.394 e. The van der Waals surface area contributed by atoms with Crippen LogP contribution in [0.3, 0.4) is 0 Å². The van der Waals surface area contributed by atoms with E-state index in [1.807, 2.05) is 34.6 Å². The Kier molecular flexibility index (Phi) is 15.4. The van der Waals surface area contributed by atoms with Crippen molar-refractivity contribution in [2.75, 3.05) is 13.2 Å². The summed E-state index contributed by atoms with van der Waals surface area (Å²) >= 11 is 0. The molecule has 382 valence electrons. The van der Waals surface area contributed by atoms with Crippen LogP contribution in [0, 0.1) is 45.3 Å². The summed E-state index contributed by atoms with van der Waals surface area (Å²) in [4.78, 5) is 0. The van der Waals surface area contributed by atoms with Crippen LogP contribution in [0.4, 0.5) is 0 Å². The van der Waals surface area contributed by atoms with Crippen LogP contribution in [0.15, 0.2) is 11.6 Å². The minimum Gasteiger partial charge on any atom is -0.394 e. The number of aliphatic hydroxyl groups is 12. The van der Waals surface area contributed by atoms with Gasteiger partial charge in [0.1, 0.15) is 67.1 Å². The predicted octanol–water partition coefficient (Wildman–Crippen LogP) is -0.0284. The van der Waals surface area contributed by atoms with Gasteiger partial charge >= 0.3 is 0 Å². The molecular weight excluding hydrogens is 865 g/mol. The summed E-state index contributed by atoms with van der Waals surface area (Å²) in [5, 5.41) is 132. The van der Waals surface area contributed by atoms with Gasteiger partial charge in [-0.1, -0.05) is 46.3 Å². The molecule has 0 spiro atoms. The summed E-state index contributed by atoms with van der Waals surface area (Å²) in [6.45, 7) is 16.8. The molecule has 0 aromatic heterocycles. The summed E-state index contributed by atoms with van der Waals surface area (Å²) in [5.41, 5.74) is -2.43. The van der Waals surface area contributed by atoms with E-state index in [1.54, 1.807) is 0 Å². The Balaban J connectivity index is 1.27. The van der Waals surface area contributed by atoms with Gasteiger partial charge in [0.25, 0.3) is 0 Å². The Morgan fingerprint density at radius 1 is 0.682 bits per heavy atom. The molecule has 18 nitrogen and oxygen atoms in total. The molecule has 0 aromatic carbocycles. The molecule has 3 saturated heterocycles. The molecule has 26 atom stereocenters. The third-order valence-corrected chi connectivity index (χ3v) is 18.7. The average Bonchev–Trinajstić information content (AvgIpc) is 3.64. The normalized spacial score (nSPS) is 53.5. The first kappa shape index (κ1) is 52.8. The van der Waals surface area contributed by atoms with E-state index in [2.05, 4.69) is 26.8 Å². The molecule has 66 heavy (non-hydrogen) atoms. The fraction of sp³-hybridized carbons (Fsp3) is 0.958. The fourth-order valence-electron chi connectivity index (χ4n) is 14.9. The highest BCUT2D eigenvalue weighted by atomic mass is 16.8.